The van der Waals surface area contributed by atoms with Crippen molar-refractivity contribution in [1.29, 1.82) is 0 Å². The molecule has 5 aliphatic rings. The topological polar surface area (TPSA) is 154 Å². The van der Waals surface area contributed by atoms with Gasteiger partial charge in [0.25, 0.3) is 0 Å². The van der Waals surface area contributed by atoms with Gasteiger partial charge in [-0.1, -0.05) is 33.8 Å². The number of hydrogen-bond donors (Lipinski definition) is 0. The van der Waals surface area contributed by atoms with Crippen LogP contribution in [-0.2, 0) is 38.1 Å². The molecule has 2 unspecified atom stereocenters. The molecule has 0 radical (unpaired) electrons. The maximum absolute atomic E-state index is 14.7. The number of benzene rings is 2. The van der Waals surface area contributed by atoms with Crippen molar-refractivity contribution in [3.8, 4) is 11.5 Å². The summed E-state index contributed by atoms with van der Waals surface area (Å²) in [6.45, 7) is 16.1. The van der Waals surface area contributed by atoms with Gasteiger partial charge >= 0.3 is 23.9 Å². The van der Waals surface area contributed by atoms with Gasteiger partial charge in [-0.05, 0) is 78.0 Å². The first kappa shape index (κ1) is 34.5. The molecule has 4 bridgehead atoms. The Bertz CT molecular complexity index is 2230. The van der Waals surface area contributed by atoms with E-state index in [-0.39, 0.29) is 51.9 Å². The molecule has 276 valence electrons. The number of aryl methyl sites for hydroxylation is 1. The van der Waals surface area contributed by atoms with Gasteiger partial charge < -0.3 is 32.8 Å². The Morgan fingerprint density at radius 1 is 0.750 bits per heavy atom. The van der Waals surface area contributed by atoms with Crippen LogP contribution >= 0.6 is 0 Å². The van der Waals surface area contributed by atoms with E-state index in [9.17, 15) is 24.0 Å². The van der Waals surface area contributed by atoms with Crippen LogP contribution in [-0.4, -0.2) is 53.9 Å². The first-order chi connectivity index (χ1) is 24.1. The number of esters is 4. The second kappa shape index (κ2) is 10.1. The van der Waals surface area contributed by atoms with Crippen molar-refractivity contribution in [2.45, 2.75) is 117 Å². The lowest BCUT2D eigenvalue weighted by Gasteiger charge is -2.46. The highest BCUT2D eigenvalue weighted by Crippen LogP contribution is 2.68. The Balaban J connectivity index is 1.34. The van der Waals surface area contributed by atoms with Crippen LogP contribution in [0.5, 0.6) is 11.5 Å². The molecule has 2 saturated heterocycles. The van der Waals surface area contributed by atoms with Crippen molar-refractivity contribution in [1.82, 2.24) is 0 Å². The Labute approximate surface area is 300 Å². The van der Waals surface area contributed by atoms with E-state index >= 15 is 0 Å². The first-order valence-electron chi connectivity index (χ1n) is 17.8. The lowest BCUT2D eigenvalue weighted by molar-refractivity contribution is -0.217. The summed E-state index contributed by atoms with van der Waals surface area (Å²) in [5, 5.41) is 0.379. The van der Waals surface area contributed by atoms with Gasteiger partial charge in [-0.15, -0.1) is 0 Å². The molecular formula is C40H44O12. The molecule has 0 spiro atoms. The Kier molecular flexibility index (Phi) is 6.68. The van der Waals surface area contributed by atoms with E-state index in [2.05, 4.69) is 0 Å². The predicted octanol–water partition coefficient (Wildman–Crippen LogP) is 6.17. The maximum atomic E-state index is 14.7. The molecule has 2 saturated carbocycles. The molecule has 6 atom stereocenters. The van der Waals surface area contributed by atoms with E-state index in [1.807, 2.05) is 34.6 Å². The van der Waals surface area contributed by atoms with Gasteiger partial charge in [0.15, 0.2) is 17.8 Å². The Hall–Kier alpha value is -4.61. The molecule has 2 aromatic carbocycles. The van der Waals surface area contributed by atoms with E-state index in [4.69, 9.17) is 32.8 Å². The molecule has 4 heterocycles. The van der Waals surface area contributed by atoms with Crippen LogP contribution in [0.4, 0.5) is 0 Å². The molecule has 3 aromatic rings. The summed E-state index contributed by atoms with van der Waals surface area (Å²) in [6.07, 6.45) is -1.53. The summed E-state index contributed by atoms with van der Waals surface area (Å²) in [7, 11) is 1.42. The van der Waals surface area contributed by atoms with E-state index in [0.717, 1.165) is 5.56 Å². The number of rotatable bonds is 5. The molecule has 12 nitrogen and oxygen atoms in total. The summed E-state index contributed by atoms with van der Waals surface area (Å²) in [5.41, 5.74) is -7.49. The summed E-state index contributed by atoms with van der Waals surface area (Å²) < 4.78 is 43.5. The van der Waals surface area contributed by atoms with E-state index in [1.165, 1.54) is 13.2 Å². The van der Waals surface area contributed by atoms with Gasteiger partial charge in [0, 0.05) is 16.9 Å². The zero-order chi connectivity index (χ0) is 37.8. The highest BCUT2D eigenvalue weighted by atomic mass is 16.7. The van der Waals surface area contributed by atoms with Gasteiger partial charge in [-0.3, -0.25) is 14.4 Å². The number of methoxy groups -OCH3 is 1. The van der Waals surface area contributed by atoms with Crippen LogP contribution < -0.4 is 14.9 Å². The lowest BCUT2D eigenvalue weighted by Crippen LogP contribution is -2.57. The van der Waals surface area contributed by atoms with E-state index in [1.54, 1.807) is 45.9 Å². The van der Waals surface area contributed by atoms with Crippen molar-refractivity contribution < 1.29 is 52.0 Å². The van der Waals surface area contributed by atoms with E-state index < -0.39 is 74.5 Å². The highest BCUT2D eigenvalue weighted by Gasteiger charge is 2.78. The largest absolute Gasteiger partial charge is 0.496 e. The number of hydrogen-bond acceptors (Lipinski definition) is 12. The summed E-state index contributed by atoms with van der Waals surface area (Å²) >= 11 is 0. The molecule has 8 rings (SSSR count). The van der Waals surface area contributed by atoms with Gasteiger partial charge in [-0.25, -0.2) is 9.59 Å². The van der Waals surface area contributed by atoms with Crippen LogP contribution in [0.3, 0.4) is 0 Å². The number of fused-ring (bicyclic) bond motifs is 8. The van der Waals surface area contributed by atoms with Crippen molar-refractivity contribution >= 4 is 45.8 Å². The quantitative estimate of drug-likeness (QED) is 0.168. The fourth-order valence-electron chi connectivity index (χ4n) is 9.62. The van der Waals surface area contributed by atoms with Gasteiger partial charge in [-0.2, -0.15) is 0 Å². The third-order valence-electron chi connectivity index (χ3n) is 14.2. The molecule has 0 N–H and O–H groups in total. The number of carbonyl (C=O) groups is 4. The molecule has 4 fully saturated rings. The summed E-state index contributed by atoms with van der Waals surface area (Å²) in [4.78, 5) is 69.9. The molecule has 2 aliphatic carbocycles. The third-order valence-corrected chi connectivity index (χ3v) is 14.2. The molecule has 12 heteroatoms. The fourth-order valence-corrected chi connectivity index (χ4v) is 9.62. The van der Waals surface area contributed by atoms with Gasteiger partial charge in [0.2, 0.25) is 16.6 Å². The lowest BCUT2D eigenvalue weighted by atomic mass is 9.66. The summed E-state index contributed by atoms with van der Waals surface area (Å²) in [5.74, 6) is -2.27. The average Bonchev–Trinajstić information content (AvgIpc) is 3.53. The minimum absolute atomic E-state index is 0.0162. The van der Waals surface area contributed by atoms with Crippen LogP contribution in [0.2, 0.25) is 0 Å². The maximum Gasteiger partial charge on any atom is 0.351 e. The second-order valence-corrected chi connectivity index (χ2v) is 17.3. The van der Waals surface area contributed by atoms with Crippen LogP contribution in [0.1, 0.15) is 98.3 Å². The SMILES string of the molecule is COc1cc2c(c3oc4cc(C)ccc4c(=O)c13)[C@@H](OC(=O)C13CC[C@@](C)(C(=O)O1)C3(C)C)[C@@H](OC(=O)C13CC[C@@](C)(C(=O)O1)C3(C)C)C(C)(C)O2. The standard InChI is InChI=1S/C40H44O12/c1-19-11-12-20-21(17-19)47-27-24(26(20)41)22(46-10)18-23-25(27)28(48-32(44)39-15-13-37(8,30(42)51-39)35(39,4)5)29(34(2,3)50-23)49-33(45)40-16-14-38(9,31(43)52-40)36(40,6)7/h11-12,17-18,28-29H,13-16H2,1-10H3/t28-,29-,37+,38+,39?,40?/m1/s1. The van der Waals surface area contributed by atoms with Gasteiger partial charge in [0.05, 0.1) is 28.9 Å². The predicted molar refractivity (Wildman–Crippen MR) is 185 cm³/mol. The minimum atomic E-state index is -1.64. The fraction of sp³-hybridized carbons (Fsp3) is 0.575. The van der Waals surface area contributed by atoms with Crippen molar-refractivity contribution in [2.24, 2.45) is 21.7 Å². The van der Waals surface area contributed by atoms with E-state index in [0.29, 0.717) is 18.2 Å². The minimum Gasteiger partial charge on any atom is -0.496 e. The van der Waals surface area contributed by atoms with Crippen LogP contribution in [0.15, 0.2) is 33.5 Å². The smallest absolute Gasteiger partial charge is 0.351 e. The second-order valence-electron chi connectivity index (χ2n) is 17.3. The normalized spacial score (nSPS) is 34.4. The highest BCUT2D eigenvalue weighted by molar-refractivity contribution is 5.98. The van der Waals surface area contributed by atoms with Crippen molar-refractivity contribution in [3.63, 3.8) is 0 Å². The van der Waals surface area contributed by atoms with Crippen molar-refractivity contribution in [3.05, 3.63) is 45.6 Å². The third kappa shape index (κ3) is 3.80. The first-order valence-corrected chi connectivity index (χ1v) is 17.8. The van der Waals surface area contributed by atoms with Crippen LogP contribution in [0.25, 0.3) is 21.9 Å². The molecular weight excluding hydrogens is 672 g/mol. The van der Waals surface area contributed by atoms with Crippen LogP contribution in [0, 0.1) is 28.6 Å². The number of ether oxygens (including phenoxy) is 6. The van der Waals surface area contributed by atoms with Gasteiger partial charge in [0.1, 0.15) is 28.1 Å². The molecule has 0 amide bonds. The Morgan fingerprint density at radius 2 is 1.31 bits per heavy atom. The zero-order valence-corrected chi connectivity index (χ0v) is 31.2. The Morgan fingerprint density at radius 3 is 1.81 bits per heavy atom. The zero-order valence-electron chi connectivity index (χ0n) is 31.2. The average molecular weight is 717 g/mol. The molecule has 3 aliphatic heterocycles. The monoisotopic (exact) mass is 716 g/mol. The number of carbonyl (C=O) groups excluding carboxylic acids is 4. The molecule has 1 aromatic heterocycles. The van der Waals surface area contributed by atoms with Crippen molar-refractivity contribution in [2.75, 3.05) is 7.11 Å². The summed E-state index contributed by atoms with van der Waals surface area (Å²) in [6, 6.07) is 6.72. The molecule has 52 heavy (non-hydrogen) atoms.